The van der Waals surface area contributed by atoms with Crippen LogP contribution in [0.1, 0.15) is 19.5 Å². The van der Waals surface area contributed by atoms with Gasteiger partial charge < -0.3 is 14.3 Å². The van der Waals surface area contributed by atoms with Gasteiger partial charge in [-0.2, -0.15) is 4.73 Å². The lowest BCUT2D eigenvalue weighted by molar-refractivity contribution is -0.142. The molecule has 0 saturated heterocycles. The average molecular weight is 400 g/mol. The van der Waals surface area contributed by atoms with Crippen LogP contribution in [0.4, 0.5) is 0 Å². The summed E-state index contributed by atoms with van der Waals surface area (Å²) in [7, 11) is 3.08. The maximum absolute atomic E-state index is 11.8. The molecule has 3 aromatic rings. The number of carbonyl (C=O) groups excluding carboxylic acids is 1. The van der Waals surface area contributed by atoms with Crippen LogP contribution in [0.5, 0.6) is 5.75 Å². The Morgan fingerprint density at radius 3 is 2.46 bits per heavy atom. The van der Waals surface area contributed by atoms with Crippen LogP contribution in [-0.2, 0) is 16.0 Å². The van der Waals surface area contributed by atoms with Gasteiger partial charge in [0.15, 0.2) is 0 Å². The second-order valence-electron chi connectivity index (χ2n) is 6.85. The Balaban J connectivity index is 1.59. The van der Waals surface area contributed by atoms with Gasteiger partial charge in [-0.15, -0.1) is 11.8 Å². The van der Waals surface area contributed by atoms with Crippen LogP contribution in [0.15, 0.2) is 59.5 Å². The van der Waals surface area contributed by atoms with E-state index in [1.807, 2.05) is 61.0 Å². The minimum Gasteiger partial charge on any atom is -0.493 e. The second-order valence-corrected chi connectivity index (χ2v) is 8.54. The number of esters is 1. The SMILES string of the molecule is COC(=O)C(C)(C)Sc1ccc(OCCc2cc3ccccc3n2OC)cc1. The van der Waals surface area contributed by atoms with Crippen molar-refractivity contribution in [3.05, 3.63) is 60.3 Å². The number of para-hydroxylation sites is 1. The molecule has 0 aliphatic heterocycles. The number of thioether (sulfide) groups is 1. The summed E-state index contributed by atoms with van der Waals surface area (Å²) in [6, 6.07) is 18.0. The van der Waals surface area contributed by atoms with Crippen molar-refractivity contribution in [3.8, 4) is 5.75 Å². The molecule has 0 aliphatic rings. The van der Waals surface area contributed by atoms with E-state index in [0.717, 1.165) is 33.7 Å². The van der Waals surface area contributed by atoms with E-state index in [0.29, 0.717) is 6.61 Å². The predicted octanol–water partition coefficient (Wildman–Crippen LogP) is 4.36. The van der Waals surface area contributed by atoms with Crippen molar-refractivity contribution in [1.82, 2.24) is 4.73 Å². The molecule has 0 aliphatic carbocycles. The third kappa shape index (κ3) is 4.44. The van der Waals surface area contributed by atoms with Gasteiger partial charge in [-0.3, -0.25) is 4.79 Å². The Kier molecular flexibility index (Phi) is 6.19. The van der Waals surface area contributed by atoms with Gasteiger partial charge in [-0.1, -0.05) is 18.2 Å². The molecule has 1 heterocycles. The zero-order valence-corrected chi connectivity index (χ0v) is 17.4. The van der Waals surface area contributed by atoms with E-state index in [-0.39, 0.29) is 5.97 Å². The molecule has 0 saturated carbocycles. The number of carbonyl (C=O) groups is 1. The average Bonchev–Trinajstić information content (AvgIpc) is 3.05. The fraction of sp³-hybridized carbons (Fsp3) is 0.318. The van der Waals surface area contributed by atoms with Gasteiger partial charge in [0.05, 0.1) is 24.9 Å². The molecule has 0 N–H and O–H groups in total. The van der Waals surface area contributed by atoms with E-state index in [4.69, 9.17) is 14.3 Å². The highest BCUT2D eigenvalue weighted by Gasteiger charge is 2.29. The zero-order valence-electron chi connectivity index (χ0n) is 16.6. The Hall–Kier alpha value is -2.60. The lowest BCUT2D eigenvalue weighted by Crippen LogP contribution is -2.28. The Labute approximate surface area is 169 Å². The summed E-state index contributed by atoms with van der Waals surface area (Å²) < 4.78 is 11.9. The quantitative estimate of drug-likeness (QED) is 0.416. The molecule has 3 rings (SSSR count). The van der Waals surface area contributed by atoms with Crippen molar-refractivity contribution in [2.45, 2.75) is 29.9 Å². The molecule has 0 unspecified atom stereocenters. The Morgan fingerprint density at radius 1 is 1.07 bits per heavy atom. The minimum atomic E-state index is -0.634. The molecule has 2 aromatic carbocycles. The van der Waals surface area contributed by atoms with Crippen molar-refractivity contribution < 1.29 is 19.1 Å². The van der Waals surface area contributed by atoms with Gasteiger partial charge in [-0.25, -0.2) is 0 Å². The lowest BCUT2D eigenvalue weighted by Gasteiger charge is -2.20. The van der Waals surface area contributed by atoms with Crippen LogP contribution in [0.3, 0.4) is 0 Å². The van der Waals surface area contributed by atoms with E-state index in [1.165, 1.54) is 18.9 Å². The fourth-order valence-electron chi connectivity index (χ4n) is 3.04. The molecule has 0 atom stereocenters. The summed E-state index contributed by atoms with van der Waals surface area (Å²) in [6.45, 7) is 4.24. The van der Waals surface area contributed by atoms with Crippen molar-refractivity contribution >= 4 is 28.6 Å². The van der Waals surface area contributed by atoms with Gasteiger partial charge in [0, 0.05) is 16.7 Å². The molecule has 1 aromatic heterocycles. The highest BCUT2D eigenvalue weighted by Crippen LogP contribution is 2.34. The van der Waals surface area contributed by atoms with E-state index < -0.39 is 4.75 Å². The normalized spacial score (nSPS) is 11.4. The lowest BCUT2D eigenvalue weighted by atomic mass is 10.2. The predicted molar refractivity (Wildman–Crippen MR) is 112 cm³/mol. The maximum Gasteiger partial charge on any atom is 0.321 e. The van der Waals surface area contributed by atoms with Crippen molar-refractivity contribution in [3.63, 3.8) is 0 Å². The number of aromatic nitrogens is 1. The van der Waals surface area contributed by atoms with Crippen LogP contribution in [0, 0.1) is 0 Å². The van der Waals surface area contributed by atoms with Gasteiger partial charge in [0.2, 0.25) is 0 Å². The van der Waals surface area contributed by atoms with Crippen LogP contribution in [0.2, 0.25) is 0 Å². The first-order valence-corrected chi connectivity index (χ1v) is 9.90. The minimum absolute atomic E-state index is 0.244. The van der Waals surface area contributed by atoms with Gasteiger partial charge in [-0.05, 0) is 50.2 Å². The second kappa shape index (κ2) is 8.61. The van der Waals surface area contributed by atoms with Crippen molar-refractivity contribution in [2.75, 3.05) is 20.8 Å². The van der Waals surface area contributed by atoms with Crippen LogP contribution in [-0.4, -0.2) is 36.3 Å². The molecule has 0 spiro atoms. The number of benzene rings is 2. The number of hydrogen-bond acceptors (Lipinski definition) is 5. The summed E-state index contributed by atoms with van der Waals surface area (Å²) in [6.07, 6.45) is 0.731. The molecule has 28 heavy (non-hydrogen) atoms. The van der Waals surface area contributed by atoms with Crippen LogP contribution >= 0.6 is 11.8 Å². The molecule has 0 bridgehead atoms. The molecule has 0 fully saturated rings. The van der Waals surface area contributed by atoms with E-state index in [2.05, 4.69) is 12.1 Å². The van der Waals surface area contributed by atoms with E-state index >= 15 is 0 Å². The number of methoxy groups -OCH3 is 1. The summed E-state index contributed by atoms with van der Waals surface area (Å²) in [5.41, 5.74) is 2.12. The van der Waals surface area contributed by atoms with Gasteiger partial charge >= 0.3 is 5.97 Å². The summed E-state index contributed by atoms with van der Waals surface area (Å²) in [5, 5.41) is 1.15. The molecular formula is C22H25NO4S. The summed E-state index contributed by atoms with van der Waals surface area (Å²) in [4.78, 5) is 18.3. The molecule has 148 valence electrons. The third-order valence-electron chi connectivity index (χ3n) is 4.42. The monoisotopic (exact) mass is 399 g/mol. The molecule has 5 nitrogen and oxygen atoms in total. The molecule has 6 heteroatoms. The first kappa shape index (κ1) is 20.1. The molecule has 0 amide bonds. The van der Waals surface area contributed by atoms with Gasteiger partial charge in [0.1, 0.15) is 17.6 Å². The number of rotatable bonds is 8. The van der Waals surface area contributed by atoms with Crippen LogP contribution in [0.25, 0.3) is 10.9 Å². The third-order valence-corrected chi connectivity index (χ3v) is 5.61. The molecular weight excluding hydrogens is 374 g/mol. The highest BCUT2D eigenvalue weighted by molar-refractivity contribution is 8.01. The standard InChI is InChI=1S/C22H25NO4S/c1-22(2,21(24)25-3)28-19-11-9-18(10-12-19)27-14-13-17-15-16-7-5-6-8-20(16)23(17)26-4/h5-12,15H,13-14H2,1-4H3. The molecule has 0 radical (unpaired) electrons. The Morgan fingerprint density at radius 2 is 1.79 bits per heavy atom. The van der Waals surface area contributed by atoms with Crippen molar-refractivity contribution in [2.24, 2.45) is 0 Å². The Bertz CT molecular complexity index is 947. The maximum atomic E-state index is 11.8. The largest absolute Gasteiger partial charge is 0.493 e. The van der Waals surface area contributed by atoms with E-state index in [9.17, 15) is 4.79 Å². The highest BCUT2D eigenvalue weighted by atomic mass is 32.2. The first-order chi connectivity index (χ1) is 13.4. The summed E-state index contributed by atoms with van der Waals surface area (Å²) >= 11 is 1.47. The number of ether oxygens (including phenoxy) is 2. The number of nitrogens with zero attached hydrogens (tertiary/aromatic N) is 1. The first-order valence-electron chi connectivity index (χ1n) is 9.09. The zero-order chi connectivity index (χ0) is 20.1. The topological polar surface area (TPSA) is 49.7 Å². The van der Waals surface area contributed by atoms with Gasteiger partial charge in [0.25, 0.3) is 0 Å². The van der Waals surface area contributed by atoms with Crippen LogP contribution < -0.4 is 9.57 Å². The summed E-state index contributed by atoms with van der Waals surface area (Å²) in [5.74, 6) is 0.548. The van der Waals surface area contributed by atoms with E-state index in [1.54, 1.807) is 7.11 Å². The van der Waals surface area contributed by atoms with Crippen molar-refractivity contribution in [1.29, 1.82) is 0 Å². The fourth-order valence-corrected chi connectivity index (χ4v) is 4.06. The smallest absolute Gasteiger partial charge is 0.321 e. The number of hydrogen-bond donors (Lipinski definition) is 0. The number of fused-ring (bicyclic) bond motifs is 1.